The molecule has 4 heteroatoms. The molecule has 3 nitrogen and oxygen atoms in total. The van der Waals surface area contributed by atoms with Crippen molar-refractivity contribution in [2.75, 3.05) is 18.8 Å². The number of anilines is 1. The molecule has 0 aromatic heterocycles. The van der Waals surface area contributed by atoms with E-state index in [1.54, 1.807) is 18.2 Å². The lowest BCUT2D eigenvalue weighted by molar-refractivity contribution is 0.0793. The van der Waals surface area contributed by atoms with Crippen molar-refractivity contribution >= 4 is 23.2 Å². The molecule has 1 aliphatic heterocycles. The first kappa shape index (κ1) is 10.3. The van der Waals surface area contributed by atoms with Crippen LogP contribution >= 0.6 is 11.6 Å². The fourth-order valence-corrected chi connectivity index (χ4v) is 2.00. The minimum Gasteiger partial charge on any atom is -0.399 e. The number of nitrogens with zero attached hydrogens (tertiary/aromatic N) is 1. The number of hydrogen-bond donors (Lipinski definition) is 1. The van der Waals surface area contributed by atoms with Crippen molar-refractivity contribution in [2.45, 2.75) is 12.8 Å². The third-order valence-electron chi connectivity index (χ3n) is 2.61. The molecule has 0 saturated carbocycles. The molecule has 1 saturated heterocycles. The lowest BCUT2D eigenvalue weighted by Gasteiger charge is -2.16. The van der Waals surface area contributed by atoms with Crippen LogP contribution in [0.4, 0.5) is 5.69 Å². The minimum absolute atomic E-state index is 0.00944. The van der Waals surface area contributed by atoms with Crippen LogP contribution in [0.3, 0.4) is 0 Å². The fraction of sp³-hybridized carbons (Fsp3) is 0.364. The quantitative estimate of drug-likeness (QED) is 0.743. The van der Waals surface area contributed by atoms with Crippen LogP contribution in [0, 0.1) is 0 Å². The van der Waals surface area contributed by atoms with Crippen LogP contribution < -0.4 is 5.73 Å². The SMILES string of the molecule is Nc1ccc(Cl)c(C(=O)N2CCCC2)c1. The molecule has 0 unspecified atom stereocenters. The molecule has 1 fully saturated rings. The van der Waals surface area contributed by atoms with Crippen LogP contribution in [0.15, 0.2) is 18.2 Å². The van der Waals surface area contributed by atoms with Crippen LogP contribution in [-0.4, -0.2) is 23.9 Å². The van der Waals surface area contributed by atoms with Crippen molar-refractivity contribution < 1.29 is 4.79 Å². The van der Waals surface area contributed by atoms with Crippen LogP contribution in [0.5, 0.6) is 0 Å². The summed E-state index contributed by atoms with van der Waals surface area (Å²) in [6, 6.07) is 5.01. The highest BCUT2D eigenvalue weighted by Crippen LogP contribution is 2.22. The summed E-state index contributed by atoms with van der Waals surface area (Å²) in [5.41, 5.74) is 6.72. The molecule has 1 aliphatic rings. The fourth-order valence-electron chi connectivity index (χ4n) is 1.80. The number of rotatable bonds is 1. The van der Waals surface area contributed by atoms with E-state index in [0.29, 0.717) is 16.3 Å². The van der Waals surface area contributed by atoms with E-state index in [2.05, 4.69) is 0 Å². The molecule has 0 spiro atoms. The predicted molar refractivity (Wildman–Crippen MR) is 61.0 cm³/mol. The van der Waals surface area contributed by atoms with Crippen molar-refractivity contribution in [1.29, 1.82) is 0 Å². The van der Waals surface area contributed by atoms with Crippen molar-refractivity contribution in [3.63, 3.8) is 0 Å². The van der Waals surface area contributed by atoms with Crippen molar-refractivity contribution in [3.05, 3.63) is 28.8 Å². The predicted octanol–water partition coefficient (Wildman–Crippen LogP) is 2.16. The summed E-state index contributed by atoms with van der Waals surface area (Å²) < 4.78 is 0. The van der Waals surface area contributed by atoms with E-state index >= 15 is 0 Å². The van der Waals surface area contributed by atoms with E-state index < -0.39 is 0 Å². The maximum Gasteiger partial charge on any atom is 0.255 e. The van der Waals surface area contributed by atoms with E-state index in [1.807, 2.05) is 4.90 Å². The van der Waals surface area contributed by atoms with Crippen LogP contribution in [-0.2, 0) is 0 Å². The highest BCUT2D eigenvalue weighted by atomic mass is 35.5. The molecule has 1 amide bonds. The Morgan fingerprint density at radius 3 is 2.67 bits per heavy atom. The van der Waals surface area contributed by atoms with Gasteiger partial charge in [0.25, 0.3) is 5.91 Å². The summed E-state index contributed by atoms with van der Waals surface area (Å²) in [7, 11) is 0. The molecule has 2 rings (SSSR count). The van der Waals surface area contributed by atoms with Gasteiger partial charge in [-0.05, 0) is 31.0 Å². The number of nitrogens with two attached hydrogens (primary N) is 1. The standard InChI is InChI=1S/C11H13ClN2O/c12-10-4-3-8(13)7-9(10)11(15)14-5-1-2-6-14/h3-4,7H,1-2,5-6,13H2. The Kier molecular flexibility index (Phi) is 2.82. The van der Waals surface area contributed by atoms with Gasteiger partial charge < -0.3 is 10.6 Å². The van der Waals surface area contributed by atoms with Gasteiger partial charge in [0.2, 0.25) is 0 Å². The highest BCUT2D eigenvalue weighted by molar-refractivity contribution is 6.34. The summed E-state index contributed by atoms with van der Waals surface area (Å²) in [5.74, 6) is -0.00944. The maximum absolute atomic E-state index is 12.0. The van der Waals surface area contributed by atoms with E-state index in [4.69, 9.17) is 17.3 Å². The molecule has 0 radical (unpaired) electrons. The topological polar surface area (TPSA) is 46.3 Å². The van der Waals surface area contributed by atoms with E-state index in [0.717, 1.165) is 25.9 Å². The molecule has 0 bridgehead atoms. The second kappa shape index (κ2) is 4.11. The number of hydrogen-bond acceptors (Lipinski definition) is 2. The lowest BCUT2D eigenvalue weighted by atomic mass is 10.2. The second-order valence-electron chi connectivity index (χ2n) is 3.74. The van der Waals surface area contributed by atoms with Gasteiger partial charge in [-0.3, -0.25) is 4.79 Å². The normalized spacial score (nSPS) is 15.7. The first-order valence-corrected chi connectivity index (χ1v) is 5.40. The van der Waals surface area contributed by atoms with Crippen molar-refractivity contribution in [3.8, 4) is 0 Å². The van der Waals surface area contributed by atoms with Crippen LogP contribution in [0.1, 0.15) is 23.2 Å². The van der Waals surface area contributed by atoms with Gasteiger partial charge in [-0.2, -0.15) is 0 Å². The van der Waals surface area contributed by atoms with Crippen LogP contribution in [0.25, 0.3) is 0 Å². The molecule has 1 aromatic rings. The van der Waals surface area contributed by atoms with E-state index in [9.17, 15) is 4.79 Å². The molecule has 80 valence electrons. The average molecular weight is 225 g/mol. The van der Waals surface area contributed by atoms with Crippen LogP contribution in [0.2, 0.25) is 5.02 Å². The number of benzene rings is 1. The van der Waals surface area contributed by atoms with Gasteiger partial charge in [0.1, 0.15) is 0 Å². The van der Waals surface area contributed by atoms with E-state index in [1.165, 1.54) is 0 Å². The number of nitrogen functional groups attached to an aromatic ring is 1. The molecule has 0 aliphatic carbocycles. The number of amides is 1. The van der Waals surface area contributed by atoms with Gasteiger partial charge in [0, 0.05) is 18.8 Å². The Morgan fingerprint density at radius 1 is 1.33 bits per heavy atom. The van der Waals surface area contributed by atoms with Gasteiger partial charge in [-0.15, -0.1) is 0 Å². The van der Waals surface area contributed by atoms with Gasteiger partial charge >= 0.3 is 0 Å². The second-order valence-corrected chi connectivity index (χ2v) is 4.15. The molecular formula is C11H13ClN2O. The Balaban J connectivity index is 2.27. The maximum atomic E-state index is 12.0. The molecule has 15 heavy (non-hydrogen) atoms. The molecule has 1 heterocycles. The molecule has 1 aromatic carbocycles. The Hall–Kier alpha value is -1.22. The average Bonchev–Trinajstić information content (AvgIpc) is 2.74. The third kappa shape index (κ3) is 2.07. The lowest BCUT2D eigenvalue weighted by Crippen LogP contribution is -2.27. The summed E-state index contributed by atoms with van der Waals surface area (Å²) >= 11 is 5.97. The third-order valence-corrected chi connectivity index (χ3v) is 2.94. The highest BCUT2D eigenvalue weighted by Gasteiger charge is 2.21. The number of halogens is 1. The zero-order chi connectivity index (χ0) is 10.8. The van der Waals surface area contributed by atoms with Crippen molar-refractivity contribution in [1.82, 2.24) is 4.90 Å². The largest absolute Gasteiger partial charge is 0.399 e. The summed E-state index contributed by atoms with van der Waals surface area (Å²) in [6.07, 6.45) is 2.15. The Labute approximate surface area is 93.8 Å². The minimum atomic E-state index is -0.00944. The Morgan fingerprint density at radius 2 is 2.00 bits per heavy atom. The summed E-state index contributed by atoms with van der Waals surface area (Å²) in [4.78, 5) is 13.8. The molecular weight excluding hydrogens is 212 g/mol. The summed E-state index contributed by atoms with van der Waals surface area (Å²) in [5, 5.41) is 0.473. The monoisotopic (exact) mass is 224 g/mol. The van der Waals surface area contributed by atoms with Gasteiger partial charge in [-0.1, -0.05) is 11.6 Å². The number of likely N-dealkylation sites (tertiary alicyclic amines) is 1. The molecule has 2 N–H and O–H groups in total. The zero-order valence-corrected chi connectivity index (χ0v) is 9.13. The zero-order valence-electron chi connectivity index (χ0n) is 8.37. The Bertz CT molecular complexity index is 386. The first-order chi connectivity index (χ1) is 7.18. The van der Waals surface area contributed by atoms with Gasteiger partial charge in [0.15, 0.2) is 0 Å². The number of carbonyl (C=O) groups is 1. The summed E-state index contributed by atoms with van der Waals surface area (Å²) in [6.45, 7) is 1.65. The van der Waals surface area contributed by atoms with Gasteiger partial charge in [-0.25, -0.2) is 0 Å². The molecule has 0 atom stereocenters. The number of carbonyl (C=O) groups excluding carboxylic acids is 1. The smallest absolute Gasteiger partial charge is 0.255 e. The van der Waals surface area contributed by atoms with Crippen molar-refractivity contribution in [2.24, 2.45) is 0 Å². The van der Waals surface area contributed by atoms with Gasteiger partial charge in [0.05, 0.1) is 10.6 Å². The van der Waals surface area contributed by atoms with E-state index in [-0.39, 0.29) is 5.91 Å². The first-order valence-electron chi connectivity index (χ1n) is 5.03.